The van der Waals surface area contributed by atoms with Gasteiger partial charge in [0.15, 0.2) is 0 Å². The van der Waals surface area contributed by atoms with Crippen molar-refractivity contribution >= 4 is 11.3 Å². The highest BCUT2D eigenvalue weighted by atomic mass is 32.1. The van der Waals surface area contributed by atoms with Crippen LogP contribution in [0.4, 0.5) is 0 Å². The lowest BCUT2D eigenvalue weighted by atomic mass is 9.89. The van der Waals surface area contributed by atoms with Crippen LogP contribution in [0, 0.1) is 6.92 Å². The Balaban J connectivity index is 2.05. The van der Waals surface area contributed by atoms with E-state index in [9.17, 15) is 0 Å². The number of aryl methyl sites for hydroxylation is 1. The number of hydrogen-bond acceptors (Lipinski definition) is 3. The number of piperazine rings is 1. The molecule has 102 valence electrons. The van der Waals surface area contributed by atoms with Gasteiger partial charge < -0.3 is 5.32 Å². The largest absolute Gasteiger partial charge is 0.308 e. The van der Waals surface area contributed by atoms with Gasteiger partial charge in [-0.2, -0.15) is 0 Å². The van der Waals surface area contributed by atoms with Crippen LogP contribution in [0.5, 0.6) is 0 Å². The summed E-state index contributed by atoms with van der Waals surface area (Å²) < 4.78 is 0. The van der Waals surface area contributed by atoms with E-state index in [-0.39, 0.29) is 0 Å². The maximum atomic E-state index is 3.76. The van der Waals surface area contributed by atoms with E-state index in [0.29, 0.717) is 11.6 Å². The van der Waals surface area contributed by atoms with Gasteiger partial charge in [0.25, 0.3) is 0 Å². The maximum absolute atomic E-state index is 3.76. The molecule has 18 heavy (non-hydrogen) atoms. The molecule has 0 amide bonds. The number of nitrogens with zero attached hydrogens (tertiary/aromatic N) is 1. The zero-order valence-electron chi connectivity index (χ0n) is 12.1. The molecule has 0 bridgehead atoms. The van der Waals surface area contributed by atoms with Gasteiger partial charge in [0, 0.05) is 41.0 Å². The Labute approximate surface area is 115 Å². The van der Waals surface area contributed by atoms with Crippen LogP contribution in [-0.4, -0.2) is 29.6 Å². The van der Waals surface area contributed by atoms with Crippen molar-refractivity contribution in [1.82, 2.24) is 10.2 Å². The van der Waals surface area contributed by atoms with Crippen LogP contribution in [0.3, 0.4) is 0 Å². The van der Waals surface area contributed by atoms with Gasteiger partial charge in [-0.15, -0.1) is 11.3 Å². The lowest BCUT2D eigenvalue weighted by molar-refractivity contribution is 0.0754. The highest BCUT2D eigenvalue weighted by Crippen LogP contribution is 2.25. The Morgan fingerprint density at radius 2 is 2.11 bits per heavy atom. The number of thiophene rings is 1. The first-order valence-corrected chi connectivity index (χ1v) is 7.94. The van der Waals surface area contributed by atoms with Gasteiger partial charge in [-0.25, -0.2) is 0 Å². The average Bonchev–Trinajstić information content (AvgIpc) is 2.78. The van der Waals surface area contributed by atoms with E-state index >= 15 is 0 Å². The van der Waals surface area contributed by atoms with Crippen molar-refractivity contribution in [1.29, 1.82) is 0 Å². The molecule has 0 aliphatic carbocycles. The topological polar surface area (TPSA) is 15.3 Å². The van der Waals surface area contributed by atoms with Gasteiger partial charge in [0.2, 0.25) is 0 Å². The molecule has 2 nitrogen and oxygen atoms in total. The molecule has 1 aliphatic heterocycles. The summed E-state index contributed by atoms with van der Waals surface area (Å²) in [5.74, 6) is 0. The summed E-state index contributed by atoms with van der Waals surface area (Å²) in [4.78, 5) is 5.57. The highest BCUT2D eigenvalue weighted by Gasteiger charge is 2.34. The molecule has 3 heteroatoms. The van der Waals surface area contributed by atoms with E-state index in [2.05, 4.69) is 50.0 Å². The highest BCUT2D eigenvalue weighted by molar-refractivity contribution is 7.11. The van der Waals surface area contributed by atoms with E-state index in [4.69, 9.17) is 0 Å². The Hall–Kier alpha value is -0.380. The van der Waals surface area contributed by atoms with E-state index < -0.39 is 0 Å². The summed E-state index contributed by atoms with van der Waals surface area (Å²) in [7, 11) is 0. The molecule has 0 spiro atoms. The van der Waals surface area contributed by atoms with E-state index in [1.807, 2.05) is 11.3 Å². The van der Waals surface area contributed by atoms with Gasteiger partial charge >= 0.3 is 0 Å². The van der Waals surface area contributed by atoms with E-state index in [0.717, 1.165) is 13.1 Å². The third kappa shape index (κ3) is 2.95. The van der Waals surface area contributed by atoms with Crippen molar-refractivity contribution in [2.45, 2.75) is 58.7 Å². The summed E-state index contributed by atoms with van der Waals surface area (Å²) in [6, 6.07) is 5.16. The van der Waals surface area contributed by atoms with Crippen LogP contribution in [0.1, 0.15) is 43.4 Å². The van der Waals surface area contributed by atoms with Crippen molar-refractivity contribution in [3.63, 3.8) is 0 Å². The summed E-state index contributed by atoms with van der Waals surface area (Å²) >= 11 is 1.94. The first kappa shape index (κ1) is 14.0. The molecule has 0 aromatic carbocycles. The van der Waals surface area contributed by atoms with Crippen LogP contribution < -0.4 is 5.32 Å². The molecule has 1 fully saturated rings. The van der Waals surface area contributed by atoms with Crippen molar-refractivity contribution in [2.24, 2.45) is 0 Å². The van der Waals surface area contributed by atoms with Gasteiger partial charge in [-0.05, 0) is 38.8 Å². The summed E-state index contributed by atoms with van der Waals surface area (Å²) in [5, 5.41) is 3.76. The van der Waals surface area contributed by atoms with Crippen LogP contribution in [0.2, 0.25) is 0 Å². The van der Waals surface area contributed by atoms with Gasteiger partial charge in [-0.1, -0.05) is 13.8 Å². The predicted octanol–water partition coefficient (Wildman–Crippen LogP) is 3.41. The molecule has 1 N–H and O–H groups in total. The standard InChI is InChI=1S/C15H26N2S/c1-5-15(6-2)11-17(12(3)9-16-15)10-14-8-7-13(4)18-14/h7-8,12,16H,5-6,9-11H2,1-4H3. The normalized spacial score (nSPS) is 24.3. The van der Waals surface area contributed by atoms with E-state index in [1.54, 1.807) is 0 Å². The van der Waals surface area contributed by atoms with Gasteiger partial charge in [-0.3, -0.25) is 4.90 Å². The average molecular weight is 266 g/mol. The monoisotopic (exact) mass is 266 g/mol. The summed E-state index contributed by atoms with van der Waals surface area (Å²) in [6.45, 7) is 12.5. The second kappa shape index (κ2) is 5.72. The first-order chi connectivity index (χ1) is 8.58. The molecule has 1 aromatic rings. The first-order valence-electron chi connectivity index (χ1n) is 7.13. The molecule has 0 saturated carbocycles. The van der Waals surface area contributed by atoms with Crippen LogP contribution in [-0.2, 0) is 6.54 Å². The molecule has 1 saturated heterocycles. The molecule has 1 unspecified atom stereocenters. The zero-order valence-corrected chi connectivity index (χ0v) is 12.9. The molecule has 1 aromatic heterocycles. The molecule has 1 aliphatic rings. The summed E-state index contributed by atoms with van der Waals surface area (Å²) in [6.07, 6.45) is 2.44. The summed E-state index contributed by atoms with van der Waals surface area (Å²) in [5.41, 5.74) is 0.332. The lowest BCUT2D eigenvalue weighted by Gasteiger charge is -2.46. The molecule has 2 heterocycles. The minimum atomic E-state index is 0.332. The van der Waals surface area contributed by atoms with Crippen LogP contribution in [0.15, 0.2) is 12.1 Å². The zero-order chi connectivity index (χ0) is 13.2. The third-order valence-corrected chi connectivity index (χ3v) is 5.40. The Morgan fingerprint density at radius 1 is 1.39 bits per heavy atom. The quantitative estimate of drug-likeness (QED) is 0.898. The fourth-order valence-electron chi connectivity index (χ4n) is 2.80. The molecular formula is C15H26N2S. The fourth-order valence-corrected chi connectivity index (χ4v) is 3.72. The minimum absolute atomic E-state index is 0.332. The Morgan fingerprint density at radius 3 is 2.67 bits per heavy atom. The third-order valence-electron chi connectivity index (χ3n) is 4.41. The number of hydrogen-bond donors (Lipinski definition) is 1. The van der Waals surface area contributed by atoms with Gasteiger partial charge in [0.05, 0.1) is 0 Å². The molecule has 0 radical (unpaired) electrons. The van der Waals surface area contributed by atoms with Crippen molar-refractivity contribution in [3.05, 3.63) is 21.9 Å². The second-order valence-corrected chi connectivity index (χ2v) is 7.01. The minimum Gasteiger partial charge on any atom is -0.308 e. The smallest absolute Gasteiger partial charge is 0.0332 e. The van der Waals surface area contributed by atoms with Crippen LogP contribution in [0.25, 0.3) is 0 Å². The molecule has 2 rings (SSSR count). The van der Waals surface area contributed by atoms with Crippen LogP contribution >= 0.6 is 11.3 Å². The Kier molecular flexibility index (Phi) is 4.46. The number of nitrogens with one attached hydrogen (secondary N) is 1. The van der Waals surface area contributed by atoms with E-state index in [1.165, 1.54) is 29.1 Å². The second-order valence-electron chi connectivity index (χ2n) is 5.63. The maximum Gasteiger partial charge on any atom is 0.0332 e. The Bertz CT molecular complexity index is 382. The molecule has 1 atom stereocenters. The SMILES string of the molecule is CCC1(CC)CN(Cc2ccc(C)s2)C(C)CN1. The van der Waals surface area contributed by atoms with Gasteiger partial charge in [0.1, 0.15) is 0 Å². The van der Waals surface area contributed by atoms with Crippen molar-refractivity contribution in [2.75, 3.05) is 13.1 Å². The van der Waals surface area contributed by atoms with Crippen molar-refractivity contribution in [3.8, 4) is 0 Å². The number of rotatable bonds is 4. The van der Waals surface area contributed by atoms with Crippen molar-refractivity contribution < 1.29 is 0 Å². The molecular weight excluding hydrogens is 240 g/mol. The predicted molar refractivity (Wildman–Crippen MR) is 80.2 cm³/mol. The lowest BCUT2D eigenvalue weighted by Crippen LogP contribution is -2.62. The fraction of sp³-hybridized carbons (Fsp3) is 0.733.